The quantitative estimate of drug-likeness (QED) is 0.710. The number of phenols is 1. The number of rotatable bonds is 3. The number of benzene rings is 3. The third-order valence-corrected chi connectivity index (χ3v) is 6.37. The Morgan fingerprint density at radius 2 is 1.76 bits per heavy atom. The first kappa shape index (κ1) is 18.1. The number of ether oxygens (including phenoxy) is 2. The Morgan fingerprint density at radius 1 is 0.931 bits per heavy atom. The molecule has 0 bridgehead atoms. The van der Waals surface area contributed by atoms with Crippen LogP contribution in [0.1, 0.15) is 39.9 Å². The smallest absolute Gasteiger partial charge is 0.163 e. The van der Waals surface area contributed by atoms with Gasteiger partial charge in [0.1, 0.15) is 5.75 Å². The molecule has 0 spiro atoms. The van der Waals surface area contributed by atoms with E-state index in [0.29, 0.717) is 5.75 Å². The highest BCUT2D eigenvalue weighted by atomic mass is 16.5. The van der Waals surface area contributed by atoms with Gasteiger partial charge in [-0.15, -0.1) is 0 Å². The fraction of sp³-hybridized carbons (Fsp3) is 0.280. The predicted octanol–water partition coefficient (Wildman–Crippen LogP) is 4.65. The molecule has 29 heavy (non-hydrogen) atoms. The molecule has 0 unspecified atom stereocenters. The number of methoxy groups -OCH3 is 2. The van der Waals surface area contributed by atoms with Crippen LogP contribution in [0.3, 0.4) is 0 Å². The van der Waals surface area contributed by atoms with Crippen LogP contribution in [0.5, 0.6) is 17.2 Å². The largest absolute Gasteiger partial charge is 0.504 e. The van der Waals surface area contributed by atoms with Crippen molar-refractivity contribution in [2.75, 3.05) is 20.8 Å². The topological polar surface area (TPSA) is 41.9 Å². The summed E-state index contributed by atoms with van der Waals surface area (Å²) in [6, 6.07) is 21.2. The standard InChI is InChI=1S/C25H25NO3/c1-28-19-9-10-20-17(14-19)12-13-26-21(20)15-18-8-11-22(29-2)25(27)23(18)24(26)16-6-4-3-5-7-16/h3-11,14,21,24,27H,12-13,15H2,1-2H3/t21-,24+/m0/s1. The number of nitrogens with zero attached hydrogens (tertiary/aromatic N) is 1. The highest BCUT2D eigenvalue weighted by Gasteiger charge is 2.41. The van der Waals surface area contributed by atoms with Crippen LogP contribution in [0.25, 0.3) is 0 Å². The summed E-state index contributed by atoms with van der Waals surface area (Å²) in [7, 11) is 3.32. The molecule has 2 aliphatic heterocycles. The van der Waals surface area contributed by atoms with Crippen molar-refractivity contribution in [1.82, 2.24) is 4.90 Å². The minimum absolute atomic E-state index is 0.00435. The Kier molecular flexibility index (Phi) is 4.44. The number of aromatic hydroxyl groups is 1. The predicted molar refractivity (Wildman–Crippen MR) is 113 cm³/mol. The zero-order valence-electron chi connectivity index (χ0n) is 16.8. The molecule has 0 saturated carbocycles. The lowest BCUT2D eigenvalue weighted by Crippen LogP contribution is -2.43. The molecule has 0 radical (unpaired) electrons. The molecule has 3 aromatic rings. The van der Waals surface area contributed by atoms with Crippen molar-refractivity contribution in [1.29, 1.82) is 0 Å². The fourth-order valence-corrected chi connectivity index (χ4v) is 5.02. The minimum Gasteiger partial charge on any atom is -0.504 e. The Morgan fingerprint density at radius 3 is 2.52 bits per heavy atom. The first-order chi connectivity index (χ1) is 14.2. The second kappa shape index (κ2) is 7.12. The second-order valence-electron chi connectivity index (χ2n) is 7.77. The van der Waals surface area contributed by atoms with Gasteiger partial charge in [-0.2, -0.15) is 0 Å². The minimum atomic E-state index is -0.00435. The van der Waals surface area contributed by atoms with E-state index < -0.39 is 0 Å². The summed E-state index contributed by atoms with van der Waals surface area (Å²) in [5, 5.41) is 11.1. The molecule has 3 aromatic carbocycles. The van der Waals surface area contributed by atoms with Gasteiger partial charge in [-0.1, -0.05) is 42.5 Å². The van der Waals surface area contributed by atoms with Gasteiger partial charge in [0.2, 0.25) is 0 Å². The monoisotopic (exact) mass is 387 g/mol. The van der Waals surface area contributed by atoms with Crippen LogP contribution in [-0.2, 0) is 12.8 Å². The Bertz CT molecular complexity index is 1050. The molecule has 0 saturated heterocycles. The molecule has 0 aromatic heterocycles. The molecular formula is C25H25NO3. The van der Waals surface area contributed by atoms with Crippen LogP contribution in [0.2, 0.25) is 0 Å². The summed E-state index contributed by atoms with van der Waals surface area (Å²) in [4.78, 5) is 2.53. The van der Waals surface area contributed by atoms with Crippen molar-refractivity contribution in [3.8, 4) is 17.2 Å². The Hall–Kier alpha value is -2.98. The molecule has 4 nitrogen and oxygen atoms in total. The summed E-state index contributed by atoms with van der Waals surface area (Å²) < 4.78 is 10.9. The number of phenolic OH excluding ortho intramolecular Hbond substituents is 1. The summed E-state index contributed by atoms with van der Waals surface area (Å²) in [6.07, 6.45) is 1.84. The van der Waals surface area contributed by atoms with E-state index in [1.165, 1.54) is 22.3 Å². The van der Waals surface area contributed by atoms with Gasteiger partial charge in [-0.3, -0.25) is 4.90 Å². The maximum Gasteiger partial charge on any atom is 0.163 e. The first-order valence-electron chi connectivity index (χ1n) is 10.1. The van der Waals surface area contributed by atoms with Crippen LogP contribution in [0, 0.1) is 0 Å². The van der Waals surface area contributed by atoms with E-state index in [0.717, 1.165) is 30.7 Å². The summed E-state index contributed by atoms with van der Waals surface area (Å²) in [5.74, 6) is 1.71. The van der Waals surface area contributed by atoms with Gasteiger partial charge in [-0.25, -0.2) is 0 Å². The van der Waals surface area contributed by atoms with Crippen LogP contribution in [-0.4, -0.2) is 30.8 Å². The maximum atomic E-state index is 11.1. The van der Waals surface area contributed by atoms with Gasteiger partial charge in [-0.05, 0) is 53.3 Å². The van der Waals surface area contributed by atoms with Crippen molar-refractivity contribution in [2.24, 2.45) is 0 Å². The van der Waals surface area contributed by atoms with Crippen molar-refractivity contribution in [3.05, 3.63) is 88.5 Å². The maximum absolute atomic E-state index is 11.1. The summed E-state index contributed by atoms with van der Waals surface area (Å²) in [6.45, 7) is 0.931. The molecule has 2 heterocycles. The Balaban J connectivity index is 1.69. The lowest BCUT2D eigenvalue weighted by atomic mass is 9.78. The van der Waals surface area contributed by atoms with Gasteiger partial charge in [0.25, 0.3) is 0 Å². The van der Waals surface area contributed by atoms with E-state index in [1.54, 1.807) is 14.2 Å². The van der Waals surface area contributed by atoms with E-state index in [2.05, 4.69) is 53.4 Å². The van der Waals surface area contributed by atoms with Crippen molar-refractivity contribution >= 4 is 0 Å². The van der Waals surface area contributed by atoms with Gasteiger partial charge in [0.05, 0.1) is 20.3 Å². The Labute approximate surface area is 171 Å². The first-order valence-corrected chi connectivity index (χ1v) is 10.1. The molecular weight excluding hydrogens is 362 g/mol. The molecule has 0 aliphatic carbocycles. The molecule has 0 fully saturated rings. The van der Waals surface area contributed by atoms with Crippen molar-refractivity contribution < 1.29 is 14.6 Å². The zero-order chi connectivity index (χ0) is 20.0. The second-order valence-corrected chi connectivity index (χ2v) is 7.77. The lowest BCUT2D eigenvalue weighted by Gasteiger charge is -2.47. The van der Waals surface area contributed by atoms with Crippen LogP contribution >= 0.6 is 0 Å². The number of fused-ring (bicyclic) bond motifs is 4. The van der Waals surface area contributed by atoms with Crippen molar-refractivity contribution in [3.63, 3.8) is 0 Å². The van der Waals surface area contributed by atoms with Crippen LogP contribution < -0.4 is 9.47 Å². The third kappa shape index (κ3) is 2.87. The molecule has 5 rings (SSSR count). The van der Waals surface area contributed by atoms with E-state index >= 15 is 0 Å². The molecule has 4 heteroatoms. The molecule has 0 amide bonds. The fourth-order valence-electron chi connectivity index (χ4n) is 5.02. The van der Waals surface area contributed by atoms with Crippen molar-refractivity contribution in [2.45, 2.75) is 24.9 Å². The van der Waals surface area contributed by atoms with Crippen LogP contribution in [0.15, 0.2) is 60.7 Å². The van der Waals surface area contributed by atoms with E-state index in [-0.39, 0.29) is 17.8 Å². The highest BCUT2D eigenvalue weighted by Crippen LogP contribution is 2.51. The summed E-state index contributed by atoms with van der Waals surface area (Å²) >= 11 is 0. The number of hydrogen-bond donors (Lipinski definition) is 1. The highest BCUT2D eigenvalue weighted by molar-refractivity contribution is 5.56. The molecule has 2 atom stereocenters. The average molecular weight is 387 g/mol. The average Bonchev–Trinajstić information content (AvgIpc) is 2.78. The number of hydrogen-bond acceptors (Lipinski definition) is 4. The van der Waals surface area contributed by atoms with Crippen LogP contribution in [0.4, 0.5) is 0 Å². The van der Waals surface area contributed by atoms with E-state index in [9.17, 15) is 5.11 Å². The van der Waals surface area contributed by atoms with Gasteiger partial charge in [0.15, 0.2) is 11.5 Å². The van der Waals surface area contributed by atoms with E-state index in [1.807, 2.05) is 12.1 Å². The third-order valence-electron chi connectivity index (χ3n) is 6.37. The normalized spacial score (nSPS) is 20.3. The SMILES string of the molecule is COc1ccc2c(c1)CCN1[C@H](c3ccccc3)c3c(ccc(OC)c3O)C[C@@H]21. The lowest BCUT2D eigenvalue weighted by molar-refractivity contribution is 0.126. The van der Waals surface area contributed by atoms with Gasteiger partial charge < -0.3 is 14.6 Å². The van der Waals surface area contributed by atoms with Gasteiger partial charge in [0, 0.05) is 18.2 Å². The molecule has 2 aliphatic rings. The van der Waals surface area contributed by atoms with Gasteiger partial charge >= 0.3 is 0 Å². The molecule has 148 valence electrons. The van der Waals surface area contributed by atoms with E-state index in [4.69, 9.17) is 9.47 Å². The zero-order valence-corrected chi connectivity index (χ0v) is 16.8. The molecule has 1 N–H and O–H groups in total. The summed E-state index contributed by atoms with van der Waals surface area (Å²) in [5.41, 5.74) is 6.07.